The fourth-order valence-corrected chi connectivity index (χ4v) is 2.76. The Balaban J connectivity index is 2.24. The quantitative estimate of drug-likeness (QED) is 0.565. The molecule has 0 amide bonds. The van der Waals surface area contributed by atoms with Crippen molar-refractivity contribution < 1.29 is 0 Å². The van der Waals surface area contributed by atoms with Crippen LogP contribution in [0.5, 0.6) is 0 Å². The first-order chi connectivity index (χ1) is 10.6. The Labute approximate surface area is 128 Å². The fraction of sp³-hybridized carbons (Fsp3) is 0. The molecule has 0 atom stereocenters. The van der Waals surface area contributed by atoms with Crippen LogP contribution in [0.3, 0.4) is 0 Å². The zero-order valence-corrected chi connectivity index (χ0v) is 11.9. The Morgan fingerprint density at radius 2 is 1.95 bits per heavy atom. The molecule has 4 aromatic rings. The van der Waals surface area contributed by atoms with Gasteiger partial charge in [-0.25, -0.2) is 4.79 Å². The first-order valence-electron chi connectivity index (χ1n) is 6.52. The summed E-state index contributed by atoms with van der Waals surface area (Å²) in [7, 11) is 0. The molecule has 4 rings (SSSR count). The minimum absolute atomic E-state index is 0.393. The number of fused-ring (bicyclic) bond motifs is 2. The Morgan fingerprint density at radius 1 is 1.09 bits per heavy atom. The van der Waals surface area contributed by atoms with Crippen LogP contribution in [0.2, 0.25) is 5.02 Å². The maximum atomic E-state index is 12.4. The van der Waals surface area contributed by atoms with E-state index in [-0.39, 0.29) is 0 Å². The third kappa shape index (κ3) is 1.78. The van der Waals surface area contributed by atoms with Crippen molar-refractivity contribution in [3.63, 3.8) is 0 Å². The highest BCUT2D eigenvalue weighted by Gasteiger charge is 2.12. The number of halogens is 1. The van der Waals surface area contributed by atoms with E-state index in [2.05, 4.69) is 15.2 Å². The first-order valence-corrected chi connectivity index (χ1v) is 6.90. The second kappa shape index (κ2) is 4.57. The summed E-state index contributed by atoms with van der Waals surface area (Å²) in [6.45, 7) is 0. The minimum atomic E-state index is -0.520. The highest BCUT2D eigenvalue weighted by Crippen LogP contribution is 2.23. The second-order valence-electron chi connectivity index (χ2n) is 4.86. The molecule has 2 N–H and O–H groups in total. The summed E-state index contributed by atoms with van der Waals surface area (Å²) in [4.78, 5) is 26.7. The largest absolute Gasteiger partial charge is 0.333 e. The van der Waals surface area contributed by atoms with Gasteiger partial charge >= 0.3 is 5.69 Å². The van der Waals surface area contributed by atoms with Crippen LogP contribution in [-0.4, -0.2) is 19.7 Å². The molecule has 108 valence electrons. The van der Waals surface area contributed by atoms with Crippen LogP contribution in [-0.2, 0) is 0 Å². The van der Waals surface area contributed by atoms with Crippen LogP contribution in [0.4, 0.5) is 0 Å². The van der Waals surface area contributed by atoms with Crippen LogP contribution in [0.15, 0.2) is 52.2 Å². The highest BCUT2D eigenvalue weighted by atomic mass is 35.5. The molecule has 2 heterocycles. The molecule has 0 saturated carbocycles. The van der Waals surface area contributed by atoms with E-state index in [1.54, 1.807) is 30.5 Å². The van der Waals surface area contributed by atoms with Gasteiger partial charge in [0.2, 0.25) is 0 Å². The standard InChI is InChI=1S/C15H9ClN4O2/c16-8-4-5-9-13(6-8)20(15(22)18-14(9)21)12-3-1-2-11-10(12)7-17-19-11/h1-7H,(H,17,19)(H,18,21,22). The van der Waals surface area contributed by atoms with Crippen molar-refractivity contribution in [1.82, 2.24) is 19.7 Å². The van der Waals surface area contributed by atoms with Gasteiger partial charge in [-0.2, -0.15) is 5.10 Å². The molecule has 2 aromatic carbocycles. The maximum absolute atomic E-state index is 12.4. The topological polar surface area (TPSA) is 83.5 Å². The van der Waals surface area contributed by atoms with Gasteiger partial charge in [0.05, 0.1) is 28.3 Å². The lowest BCUT2D eigenvalue weighted by atomic mass is 10.2. The third-order valence-electron chi connectivity index (χ3n) is 3.57. The number of aromatic nitrogens is 4. The van der Waals surface area contributed by atoms with Crippen molar-refractivity contribution in [3.05, 3.63) is 68.5 Å². The molecule has 2 aromatic heterocycles. The predicted molar refractivity (Wildman–Crippen MR) is 84.8 cm³/mol. The van der Waals surface area contributed by atoms with Gasteiger partial charge in [-0.1, -0.05) is 17.7 Å². The lowest BCUT2D eigenvalue weighted by Gasteiger charge is -2.10. The molecule has 7 heteroatoms. The molecule has 0 fully saturated rings. The van der Waals surface area contributed by atoms with Crippen molar-refractivity contribution in [1.29, 1.82) is 0 Å². The Hall–Kier alpha value is -2.86. The van der Waals surface area contributed by atoms with Gasteiger partial charge in [0.15, 0.2) is 0 Å². The number of hydrogen-bond acceptors (Lipinski definition) is 3. The van der Waals surface area contributed by atoms with E-state index in [1.807, 2.05) is 12.1 Å². The van der Waals surface area contributed by atoms with Gasteiger partial charge < -0.3 is 0 Å². The Morgan fingerprint density at radius 3 is 2.82 bits per heavy atom. The molecule has 0 aliphatic heterocycles. The number of H-pyrrole nitrogens is 2. The molecule has 0 aliphatic carbocycles. The van der Waals surface area contributed by atoms with Crippen molar-refractivity contribution in [2.45, 2.75) is 0 Å². The molecule has 6 nitrogen and oxygen atoms in total. The average molecular weight is 313 g/mol. The van der Waals surface area contributed by atoms with Gasteiger partial charge in [-0.05, 0) is 30.3 Å². The van der Waals surface area contributed by atoms with Gasteiger partial charge in [0.25, 0.3) is 5.56 Å². The first kappa shape index (κ1) is 12.8. The maximum Gasteiger partial charge on any atom is 0.333 e. The van der Waals surface area contributed by atoms with Crippen LogP contribution in [0, 0.1) is 0 Å². The zero-order valence-electron chi connectivity index (χ0n) is 11.1. The SMILES string of the molecule is O=c1[nH]c(=O)n(-c2cccc3[nH]ncc23)c2cc(Cl)ccc12. The molecule has 0 spiro atoms. The highest BCUT2D eigenvalue weighted by molar-refractivity contribution is 6.31. The summed E-state index contributed by atoms with van der Waals surface area (Å²) in [5.41, 5.74) is 0.918. The van der Waals surface area contributed by atoms with Crippen molar-refractivity contribution >= 4 is 33.4 Å². The van der Waals surface area contributed by atoms with Crippen molar-refractivity contribution in [2.24, 2.45) is 0 Å². The smallest absolute Gasteiger partial charge is 0.278 e. The number of benzene rings is 2. The molecule has 0 radical (unpaired) electrons. The van der Waals surface area contributed by atoms with Gasteiger partial charge in [0, 0.05) is 10.4 Å². The molecule has 0 aliphatic rings. The van der Waals surface area contributed by atoms with E-state index in [4.69, 9.17) is 11.6 Å². The van der Waals surface area contributed by atoms with Gasteiger partial charge in [-0.3, -0.25) is 19.4 Å². The Bertz CT molecular complexity index is 1140. The van der Waals surface area contributed by atoms with Crippen molar-refractivity contribution in [3.8, 4) is 5.69 Å². The third-order valence-corrected chi connectivity index (χ3v) is 3.81. The predicted octanol–water partition coefficient (Wildman–Crippen LogP) is 2.21. The van der Waals surface area contributed by atoms with Gasteiger partial charge in [-0.15, -0.1) is 0 Å². The molecule has 22 heavy (non-hydrogen) atoms. The summed E-state index contributed by atoms with van der Waals surface area (Å²) >= 11 is 6.03. The second-order valence-corrected chi connectivity index (χ2v) is 5.30. The normalized spacial score (nSPS) is 11.3. The molecular weight excluding hydrogens is 304 g/mol. The lowest BCUT2D eigenvalue weighted by Crippen LogP contribution is -2.29. The summed E-state index contributed by atoms with van der Waals surface area (Å²) in [6.07, 6.45) is 1.64. The van der Waals surface area contributed by atoms with Crippen LogP contribution in [0.1, 0.15) is 0 Å². The Kier molecular flexibility index (Phi) is 2.67. The molecule has 0 saturated heterocycles. The average Bonchev–Trinajstić information content (AvgIpc) is 2.96. The van der Waals surface area contributed by atoms with Crippen LogP contribution < -0.4 is 11.2 Å². The van der Waals surface area contributed by atoms with Gasteiger partial charge in [0.1, 0.15) is 0 Å². The molecule has 0 bridgehead atoms. The van der Waals surface area contributed by atoms with E-state index >= 15 is 0 Å². The summed E-state index contributed by atoms with van der Waals surface area (Å²) in [5.74, 6) is 0. The van der Waals surface area contributed by atoms with Crippen LogP contribution >= 0.6 is 11.6 Å². The monoisotopic (exact) mass is 312 g/mol. The van der Waals surface area contributed by atoms with Crippen molar-refractivity contribution in [2.75, 3.05) is 0 Å². The summed E-state index contributed by atoms with van der Waals surface area (Å²) in [6, 6.07) is 10.3. The summed E-state index contributed by atoms with van der Waals surface area (Å²) in [5, 5.41) is 8.47. The van der Waals surface area contributed by atoms with E-state index in [9.17, 15) is 9.59 Å². The number of hydrogen-bond donors (Lipinski definition) is 2. The number of nitrogens with zero attached hydrogens (tertiary/aromatic N) is 2. The number of nitrogens with one attached hydrogen (secondary N) is 2. The fourth-order valence-electron chi connectivity index (χ4n) is 2.60. The molecule has 0 unspecified atom stereocenters. The van der Waals surface area contributed by atoms with E-state index in [0.29, 0.717) is 21.6 Å². The minimum Gasteiger partial charge on any atom is -0.278 e. The summed E-state index contributed by atoms with van der Waals surface area (Å²) < 4.78 is 1.43. The van der Waals surface area contributed by atoms with E-state index < -0.39 is 11.2 Å². The number of rotatable bonds is 1. The lowest BCUT2D eigenvalue weighted by molar-refractivity contribution is 0.949. The van der Waals surface area contributed by atoms with E-state index in [0.717, 1.165) is 10.9 Å². The van der Waals surface area contributed by atoms with Crippen LogP contribution in [0.25, 0.3) is 27.5 Å². The number of aromatic amines is 2. The molecular formula is C15H9ClN4O2. The van der Waals surface area contributed by atoms with E-state index in [1.165, 1.54) is 4.57 Å². The zero-order chi connectivity index (χ0) is 15.3.